The number of rotatable bonds is 6. The Morgan fingerprint density at radius 1 is 1.20 bits per heavy atom. The van der Waals surface area contributed by atoms with Crippen LogP contribution in [0.1, 0.15) is 19.8 Å². The summed E-state index contributed by atoms with van der Waals surface area (Å²) in [4.78, 5) is 21.8. The zero-order chi connectivity index (χ0) is 11.1. The quantitative estimate of drug-likeness (QED) is 0.528. The summed E-state index contributed by atoms with van der Waals surface area (Å²) < 4.78 is 5.40. The van der Waals surface area contributed by atoms with Gasteiger partial charge in [0.2, 0.25) is 5.60 Å². The highest BCUT2D eigenvalue weighted by Gasteiger charge is 2.30. The van der Waals surface area contributed by atoms with Crippen LogP contribution in [0.25, 0.3) is 0 Å². The van der Waals surface area contributed by atoms with Crippen molar-refractivity contribution in [2.24, 2.45) is 0 Å². The van der Waals surface area contributed by atoms with Crippen LogP contribution in [0.5, 0.6) is 5.75 Å². The van der Waals surface area contributed by atoms with Gasteiger partial charge in [-0.2, -0.15) is 0 Å². The molecule has 1 rings (SSSR count). The van der Waals surface area contributed by atoms with Crippen LogP contribution in [0.4, 0.5) is 0 Å². The average molecular weight is 206 g/mol. The molecule has 0 aliphatic heterocycles. The van der Waals surface area contributed by atoms with E-state index in [4.69, 9.17) is 4.74 Å². The molecule has 1 aromatic carbocycles. The lowest BCUT2D eigenvalue weighted by Crippen LogP contribution is -2.39. The second-order valence-electron chi connectivity index (χ2n) is 3.36. The number of aldehydes is 2. The van der Waals surface area contributed by atoms with Crippen LogP contribution in [-0.2, 0) is 9.59 Å². The standard InChI is InChI=1S/C12H14O3/c1-2-8-12(9-13,10-14)15-11-6-4-3-5-7-11/h3-7,9-10H,2,8H2,1H3. The fourth-order valence-electron chi connectivity index (χ4n) is 1.34. The summed E-state index contributed by atoms with van der Waals surface area (Å²) in [6, 6.07) is 8.87. The van der Waals surface area contributed by atoms with Crippen molar-refractivity contribution in [1.29, 1.82) is 0 Å². The third kappa shape index (κ3) is 2.91. The topological polar surface area (TPSA) is 43.4 Å². The predicted molar refractivity (Wildman–Crippen MR) is 56.8 cm³/mol. The summed E-state index contributed by atoms with van der Waals surface area (Å²) >= 11 is 0. The Kier molecular flexibility index (Phi) is 4.03. The molecule has 80 valence electrons. The zero-order valence-electron chi connectivity index (χ0n) is 8.68. The largest absolute Gasteiger partial charge is 0.472 e. The van der Waals surface area contributed by atoms with Gasteiger partial charge in [0.15, 0.2) is 12.6 Å². The SMILES string of the molecule is CCCC(C=O)(C=O)Oc1ccccc1. The molecule has 15 heavy (non-hydrogen) atoms. The Balaban J connectivity index is 2.83. The Hall–Kier alpha value is -1.64. The molecule has 0 saturated carbocycles. The van der Waals surface area contributed by atoms with E-state index in [2.05, 4.69) is 0 Å². The summed E-state index contributed by atoms with van der Waals surface area (Å²) in [6.45, 7) is 1.90. The van der Waals surface area contributed by atoms with E-state index in [9.17, 15) is 9.59 Å². The molecule has 1 aromatic rings. The number of hydrogen-bond donors (Lipinski definition) is 0. The lowest BCUT2D eigenvalue weighted by Gasteiger charge is -2.22. The lowest BCUT2D eigenvalue weighted by molar-refractivity contribution is -0.133. The van der Waals surface area contributed by atoms with E-state index >= 15 is 0 Å². The molecule has 0 fully saturated rings. The van der Waals surface area contributed by atoms with Crippen LogP contribution in [0.2, 0.25) is 0 Å². The third-order valence-corrected chi connectivity index (χ3v) is 2.09. The predicted octanol–water partition coefficient (Wildman–Crippen LogP) is 2.00. The minimum Gasteiger partial charge on any atom is -0.472 e. The van der Waals surface area contributed by atoms with Crippen molar-refractivity contribution in [2.75, 3.05) is 0 Å². The average Bonchev–Trinajstić information content (AvgIpc) is 2.30. The molecular formula is C12H14O3. The number of para-hydroxylation sites is 1. The summed E-state index contributed by atoms with van der Waals surface area (Å²) in [6.07, 6.45) is 2.24. The van der Waals surface area contributed by atoms with Gasteiger partial charge in [-0.25, -0.2) is 0 Å². The number of hydrogen-bond acceptors (Lipinski definition) is 3. The Morgan fingerprint density at radius 3 is 2.27 bits per heavy atom. The van der Waals surface area contributed by atoms with Crippen molar-refractivity contribution < 1.29 is 14.3 Å². The van der Waals surface area contributed by atoms with Crippen LogP contribution in [-0.4, -0.2) is 18.2 Å². The van der Waals surface area contributed by atoms with Gasteiger partial charge in [-0.1, -0.05) is 31.5 Å². The molecule has 0 aliphatic rings. The molecule has 0 heterocycles. The van der Waals surface area contributed by atoms with E-state index in [0.717, 1.165) is 0 Å². The second-order valence-corrected chi connectivity index (χ2v) is 3.36. The molecule has 0 radical (unpaired) electrons. The fraction of sp³-hybridized carbons (Fsp3) is 0.333. The van der Waals surface area contributed by atoms with Crippen LogP contribution < -0.4 is 4.74 Å². The minimum absolute atomic E-state index is 0.398. The highest BCUT2D eigenvalue weighted by molar-refractivity contribution is 5.88. The van der Waals surface area contributed by atoms with Crippen molar-refractivity contribution in [1.82, 2.24) is 0 Å². The summed E-state index contributed by atoms with van der Waals surface area (Å²) in [5, 5.41) is 0. The number of carbonyl (C=O) groups excluding carboxylic acids is 2. The maximum atomic E-state index is 10.9. The van der Waals surface area contributed by atoms with E-state index in [0.29, 0.717) is 31.2 Å². The van der Waals surface area contributed by atoms with Gasteiger partial charge in [0.05, 0.1) is 0 Å². The second kappa shape index (κ2) is 5.29. The fourth-order valence-corrected chi connectivity index (χ4v) is 1.34. The summed E-state index contributed by atoms with van der Waals surface area (Å²) in [5.41, 5.74) is -1.32. The van der Waals surface area contributed by atoms with Crippen LogP contribution >= 0.6 is 0 Å². The first-order valence-corrected chi connectivity index (χ1v) is 4.93. The van der Waals surface area contributed by atoms with Gasteiger partial charge in [-0.15, -0.1) is 0 Å². The first-order valence-electron chi connectivity index (χ1n) is 4.93. The monoisotopic (exact) mass is 206 g/mol. The molecule has 0 bridgehead atoms. The highest BCUT2D eigenvalue weighted by Crippen LogP contribution is 2.19. The molecule has 0 aromatic heterocycles. The van der Waals surface area contributed by atoms with E-state index in [1.807, 2.05) is 13.0 Å². The molecule has 3 heteroatoms. The molecule has 0 aliphatic carbocycles. The highest BCUT2D eigenvalue weighted by atomic mass is 16.5. The molecule has 3 nitrogen and oxygen atoms in total. The van der Waals surface area contributed by atoms with Gasteiger partial charge < -0.3 is 4.74 Å². The van der Waals surface area contributed by atoms with E-state index in [1.54, 1.807) is 24.3 Å². The van der Waals surface area contributed by atoms with Crippen molar-refractivity contribution in [3.05, 3.63) is 30.3 Å². The third-order valence-electron chi connectivity index (χ3n) is 2.09. The van der Waals surface area contributed by atoms with Gasteiger partial charge in [-0.05, 0) is 12.1 Å². The summed E-state index contributed by atoms with van der Waals surface area (Å²) in [7, 11) is 0. The molecule has 0 amide bonds. The maximum Gasteiger partial charge on any atom is 0.218 e. The number of carbonyl (C=O) groups is 2. The van der Waals surface area contributed by atoms with Crippen molar-refractivity contribution in [3.8, 4) is 5.75 Å². The smallest absolute Gasteiger partial charge is 0.218 e. The van der Waals surface area contributed by atoms with E-state index < -0.39 is 5.60 Å². The Bertz CT molecular complexity index is 311. The van der Waals surface area contributed by atoms with Crippen LogP contribution in [0.15, 0.2) is 30.3 Å². The molecule has 0 spiro atoms. The van der Waals surface area contributed by atoms with Crippen molar-refractivity contribution >= 4 is 12.6 Å². The van der Waals surface area contributed by atoms with Gasteiger partial charge in [0.1, 0.15) is 5.75 Å². The zero-order valence-corrected chi connectivity index (χ0v) is 8.68. The van der Waals surface area contributed by atoms with Crippen molar-refractivity contribution in [3.63, 3.8) is 0 Å². The first kappa shape index (κ1) is 11.4. The van der Waals surface area contributed by atoms with Gasteiger partial charge in [0, 0.05) is 6.42 Å². The number of ether oxygens (including phenoxy) is 1. The minimum atomic E-state index is -1.32. The maximum absolute atomic E-state index is 10.9. The van der Waals surface area contributed by atoms with Crippen molar-refractivity contribution in [2.45, 2.75) is 25.4 Å². The molecule has 0 N–H and O–H groups in total. The van der Waals surface area contributed by atoms with Gasteiger partial charge >= 0.3 is 0 Å². The first-order chi connectivity index (χ1) is 7.26. The molecular weight excluding hydrogens is 192 g/mol. The van der Waals surface area contributed by atoms with E-state index in [-0.39, 0.29) is 0 Å². The lowest BCUT2D eigenvalue weighted by atomic mass is 10.0. The normalized spacial score (nSPS) is 10.7. The Morgan fingerprint density at radius 2 is 1.80 bits per heavy atom. The van der Waals surface area contributed by atoms with E-state index in [1.165, 1.54) is 0 Å². The summed E-state index contributed by atoms with van der Waals surface area (Å²) in [5.74, 6) is 0.533. The molecule has 0 unspecified atom stereocenters. The molecule has 0 saturated heterocycles. The van der Waals surface area contributed by atoms with Crippen LogP contribution in [0.3, 0.4) is 0 Å². The van der Waals surface area contributed by atoms with Gasteiger partial charge in [0.25, 0.3) is 0 Å². The van der Waals surface area contributed by atoms with Gasteiger partial charge in [-0.3, -0.25) is 9.59 Å². The van der Waals surface area contributed by atoms with Crippen LogP contribution in [0, 0.1) is 0 Å². The number of benzene rings is 1. The molecule has 0 atom stereocenters. The Labute approximate surface area is 89.1 Å².